The summed E-state index contributed by atoms with van der Waals surface area (Å²) in [6.45, 7) is 2.93. The lowest BCUT2D eigenvalue weighted by Crippen LogP contribution is -2.10. The monoisotopic (exact) mass is 417 g/mol. The van der Waals surface area contributed by atoms with Crippen molar-refractivity contribution in [1.82, 2.24) is 20.3 Å². The molecule has 2 aromatic heterocycles. The van der Waals surface area contributed by atoms with E-state index in [9.17, 15) is 0 Å². The molecule has 0 saturated carbocycles. The largest absolute Gasteiger partial charge is 0.493 e. The lowest BCUT2D eigenvalue weighted by atomic mass is 10.0. The molecule has 1 saturated heterocycles. The number of ether oxygens (including phenoxy) is 2. The van der Waals surface area contributed by atoms with E-state index in [1.807, 2.05) is 30.5 Å². The predicted octanol–water partition coefficient (Wildman–Crippen LogP) is 4.63. The van der Waals surface area contributed by atoms with Crippen molar-refractivity contribution >= 4 is 33.3 Å². The van der Waals surface area contributed by atoms with Crippen molar-refractivity contribution in [2.45, 2.75) is 19.3 Å². The van der Waals surface area contributed by atoms with Crippen LogP contribution in [0.5, 0.6) is 11.5 Å². The number of aromatic nitrogens is 3. The van der Waals surface area contributed by atoms with Gasteiger partial charge in [0.15, 0.2) is 11.5 Å². The molecule has 4 aromatic rings. The molecule has 31 heavy (non-hydrogen) atoms. The first kappa shape index (κ1) is 19.6. The highest BCUT2D eigenvalue weighted by Crippen LogP contribution is 2.35. The van der Waals surface area contributed by atoms with Crippen LogP contribution in [0.2, 0.25) is 0 Å². The molecule has 0 aliphatic carbocycles. The first-order chi connectivity index (χ1) is 15.3. The van der Waals surface area contributed by atoms with Crippen molar-refractivity contribution in [1.29, 1.82) is 0 Å². The lowest BCUT2D eigenvalue weighted by Gasteiger charge is -2.14. The molecule has 7 nitrogen and oxygen atoms in total. The second kappa shape index (κ2) is 8.81. The zero-order valence-corrected chi connectivity index (χ0v) is 17.6. The fraction of sp³-hybridized carbons (Fsp3) is 0.333. The van der Waals surface area contributed by atoms with E-state index in [4.69, 9.17) is 9.47 Å². The van der Waals surface area contributed by atoms with Crippen LogP contribution in [0.15, 0.2) is 48.9 Å². The standard InChI is InChI=1S/C24H27N5O2/c1-30-21-12-18-20(13-22(21)31-11-3-4-16-7-9-25-14-16)27-15-28-24(18)29-19-6-2-5-17-8-10-26-23(17)19/h2,5-6,8,10,12-13,15-16,25-26H,3-4,7,9,11,14H2,1H3,(H,27,28,29). The van der Waals surface area contributed by atoms with E-state index in [0.717, 1.165) is 64.5 Å². The predicted molar refractivity (Wildman–Crippen MR) is 123 cm³/mol. The van der Waals surface area contributed by atoms with Crippen LogP contribution in [0.3, 0.4) is 0 Å². The number of aromatic amines is 1. The number of fused-ring (bicyclic) bond motifs is 2. The highest BCUT2D eigenvalue weighted by molar-refractivity contribution is 5.97. The molecule has 1 unspecified atom stereocenters. The maximum Gasteiger partial charge on any atom is 0.163 e. The van der Waals surface area contributed by atoms with Gasteiger partial charge in [-0.15, -0.1) is 0 Å². The number of para-hydroxylation sites is 1. The minimum Gasteiger partial charge on any atom is -0.493 e. The van der Waals surface area contributed by atoms with Crippen molar-refractivity contribution < 1.29 is 9.47 Å². The summed E-state index contributed by atoms with van der Waals surface area (Å²) < 4.78 is 11.7. The summed E-state index contributed by atoms with van der Waals surface area (Å²) in [7, 11) is 1.66. The SMILES string of the molecule is COc1cc2c(Nc3cccc4cc[nH]c34)ncnc2cc1OCCCC1CCNC1. The van der Waals surface area contributed by atoms with Crippen molar-refractivity contribution in [3.8, 4) is 11.5 Å². The van der Waals surface area contributed by atoms with Gasteiger partial charge in [-0.2, -0.15) is 0 Å². The van der Waals surface area contributed by atoms with E-state index in [1.165, 1.54) is 12.8 Å². The van der Waals surface area contributed by atoms with Crippen LogP contribution < -0.4 is 20.1 Å². The molecule has 1 aliphatic heterocycles. The molecule has 7 heteroatoms. The fourth-order valence-corrected chi connectivity index (χ4v) is 4.27. The second-order valence-corrected chi connectivity index (χ2v) is 7.96. The van der Waals surface area contributed by atoms with Crippen LogP contribution in [-0.2, 0) is 0 Å². The Morgan fingerprint density at radius 2 is 2.13 bits per heavy atom. The summed E-state index contributed by atoms with van der Waals surface area (Å²) in [4.78, 5) is 12.2. The van der Waals surface area contributed by atoms with Crippen molar-refractivity contribution in [3.63, 3.8) is 0 Å². The van der Waals surface area contributed by atoms with Gasteiger partial charge >= 0.3 is 0 Å². The molecule has 1 fully saturated rings. The molecule has 0 bridgehead atoms. The van der Waals surface area contributed by atoms with E-state index in [1.54, 1.807) is 13.4 Å². The number of benzene rings is 2. The van der Waals surface area contributed by atoms with E-state index in [0.29, 0.717) is 12.4 Å². The fourth-order valence-electron chi connectivity index (χ4n) is 4.27. The van der Waals surface area contributed by atoms with Crippen LogP contribution in [0, 0.1) is 5.92 Å². The Balaban J connectivity index is 1.37. The number of hydrogen-bond donors (Lipinski definition) is 3. The molecule has 0 spiro atoms. The molecule has 3 heterocycles. The molecular weight excluding hydrogens is 390 g/mol. The Labute approximate surface area is 181 Å². The third-order valence-electron chi connectivity index (χ3n) is 5.94. The molecule has 3 N–H and O–H groups in total. The normalized spacial score (nSPS) is 16.1. The summed E-state index contributed by atoms with van der Waals surface area (Å²) in [6, 6.07) is 12.1. The molecule has 5 rings (SSSR count). The van der Waals surface area contributed by atoms with Gasteiger partial charge in [0.2, 0.25) is 0 Å². The first-order valence-corrected chi connectivity index (χ1v) is 10.8. The average molecular weight is 418 g/mol. The summed E-state index contributed by atoms with van der Waals surface area (Å²) >= 11 is 0. The highest BCUT2D eigenvalue weighted by atomic mass is 16.5. The van der Waals surface area contributed by atoms with Gasteiger partial charge in [0.05, 0.1) is 30.4 Å². The number of hydrogen-bond acceptors (Lipinski definition) is 6. The van der Waals surface area contributed by atoms with Gasteiger partial charge in [-0.05, 0) is 56.5 Å². The number of rotatable bonds is 8. The zero-order valence-electron chi connectivity index (χ0n) is 17.6. The summed E-state index contributed by atoms with van der Waals surface area (Å²) in [5.41, 5.74) is 2.81. The van der Waals surface area contributed by atoms with Gasteiger partial charge in [-0.25, -0.2) is 9.97 Å². The van der Waals surface area contributed by atoms with Crippen molar-refractivity contribution in [3.05, 3.63) is 48.9 Å². The number of H-pyrrole nitrogens is 1. The first-order valence-electron chi connectivity index (χ1n) is 10.8. The second-order valence-electron chi connectivity index (χ2n) is 7.96. The van der Waals surface area contributed by atoms with Crippen LogP contribution in [-0.4, -0.2) is 41.8 Å². The van der Waals surface area contributed by atoms with Crippen LogP contribution in [0.1, 0.15) is 19.3 Å². The van der Waals surface area contributed by atoms with Crippen molar-refractivity contribution in [2.24, 2.45) is 5.92 Å². The smallest absolute Gasteiger partial charge is 0.163 e. The van der Waals surface area contributed by atoms with E-state index in [2.05, 4.69) is 37.7 Å². The van der Waals surface area contributed by atoms with Gasteiger partial charge in [-0.3, -0.25) is 0 Å². The Hall–Kier alpha value is -3.32. The molecule has 1 aliphatic rings. The zero-order chi connectivity index (χ0) is 21.0. The third kappa shape index (κ3) is 4.14. The van der Waals surface area contributed by atoms with Gasteiger partial charge in [0.25, 0.3) is 0 Å². The maximum atomic E-state index is 6.07. The summed E-state index contributed by atoms with van der Waals surface area (Å²) in [5.74, 6) is 2.90. The minimum atomic E-state index is 0.670. The number of nitrogens with one attached hydrogen (secondary N) is 3. The Morgan fingerprint density at radius 3 is 3.00 bits per heavy atom. The van der Waals surface area contributed by atoms with Gasteiger partial charge in [0, 0.05) is 23.0 Å². The third-order valence-corrected chi connectivity index (χ3v) is 5.94. The number of anilines is 2. The lowest BCUT2D eigenvalue weighted by molar-refractivity contribution is 0.278. The van der Waals surface area contributed by atoms with E-state index >= 15 is 0 Å². The molecule has 0 amide bonds. The quantitative estimate of drug-likeness (QED) is 0.363. The average Bonchev–Trinajstić information content (AvgIpc) is 3.49. The van der Waals surface area contributed by atoms with Gasteiger partial charge in [-0.1, -0.05) is 12.1 Å². The molecule has 160 valence electrons. The molecule has 1 atom stereocenters. The van der Waals surface area contributed by atoms with Gasteiger partial charge < -0.3 is 25.1 Å². The number of methoxy groups -OCH3 is 1. The summed E-state index contributed by atoms with van der Waals surface area (Å²) in [6.07, 6.45) is 6.99. The van der Waals surface area contributed by atoms with Crippen LogP contribution in [0.4, 0.5) is 11.5 Å². The Kier molecular flexibility index (Phi) is 5.58. The van der Waals surface area contributed by atoms with Crippen LogP contribution >= 0.6 is 0 Å². The molecular formula is C24H27N5O2. The molecule has 0 radical (unpaired) electrons. The topological polar surface area (TPSA) is 84.1 Å². The summed E-state index contributed by atoms with van der Waals surface area (Å²) in [5, 5.41) is 8.89. The maximum absolute atomic E-state index is 6.07. The van der Waals surface area contributed by atoms with Gasteiger partial charge in [0.1, 0.15) is 12.1 Å². The van der Waals surface area contributed by atoms with Crippen LogP contribution in [0.25, 0.3) is 21.8 Å². The highest BCUT2D eigenvalue weighted by Gasteiger charge is 2.15. The Morgan fingerprint density at radius 1 is 1.16 bits per heavy atom. The number of nitrogens with zero attached hydrogens (tertiary/aromatic N) is 2. The van der Waals surface area contributed by atoms with Crippen molar-refractivity contribution in [2.75, 3.05) is 32.1 Å². The molecule has 2 aromatic carbocycles. The van der Waals surface area contributed by atoms with E-state index < -0.39 is 0 Å². The minimum absolute atomic E-state index is 0.670. The Bertz CT molecular complexity index is 1180. The van der Waals surface area contributed by atoms with E-state index in [-0.39, 0.29) is 0 Å².